The first-order valence-corrected chi connectivity index (χ1v) is 11.2. The highest BCUT2D eigenvalue weighted by Crippen LogP contribution is 2.16. The third kappa shape index (κ3) is 10.5. The third-order valence-electron chi connectivity index (χ3n) is 5.02. The molecular formula is C26H32N4O4. The maximum Gasteiger partial charge on any atom is 0.309 e. The van der Waals surface area contributed by atoms with Crippen LogP contribution in [0.2, 0.25) is 0 Å². The summed E-state index contributed by atoms with van der Waals surface area (Å²) in [5.41, 5.74) is 2.07. The van der Waals surface area contributed by atoms with Crippen LogP contribution in [0.1, 0.15) is 26.7 Å². The van der Waals surface area contributed by atoms with E-state index in [1.807, 2.05) is 85.5 Å². The second-order valence-electron chi connectivity index (χ2n) is 7.26. The van der Waals surface area contributed by atoms with Crippen molar-refractivity contribution in [1.82, 2.24) is 0 Å². The number of aliphatic carboxylic acids is 1. The van der Waals surface area contributed by atoms with Crippen molar-refractivity contribution in [2.75, 3.05) is 42.6 Å². The Balaban J connectivity index is 0.000000340. The molecule has 0 aliphatic rings. The fourth-order valence-corrected chi connectivity index (χ4v) is 3.18. The normalized spacial score (nSPS) is 10.5. The molecule has 0 heterocycles. The molecule has 8 heteroatoms. The van der Waals surface area contributed by atoms with Crippen LogP contribution < -0.4 is 9.80 Å². The van der Waals surface area contributed by atoms with Gasteiger partial charge in [0, 0.05) is 37.6 Å². The summed E-state index contributed by atoms with van der Waals surface area (Å²) in [6, 6.07) is 23.2. The van der Waals surface area contributed by atoms with E-state index in [9.17, 15) is 9.59 Å². The lowest BCUT2D eigenvalue weighted by molar-refractivity contribution is -0.142. The van der Waals surface area contributed by atoms with Gasteiger partial charge in [-0.2, -0.15) is 10.5 Å². The molecule has 1 N–H and O–H groups in total. The van der Waals surface area contributed by atoms with E-state index in [-0.39, 0.29) is 19.0 Å². The van der Waals surface area contributed by atoms with Gasteiger partial charge >= 0.3 is 11.9 Å². The lowest BCUT2D eigenvalue weighted by Crippen LogP contribution is -2.33. The second kappa shape index (κ2) is 16.6. The van der Waals surface area contributed by atoms with Crippen molar-refractivity contribution >= 4 is 23.3 Å². The smallest absolute Gasteiger partial charge is 0.309 e. The van der Waals surface area contributed by atoms with Gasteiger partial charge < -0.3 is 19.6 Å². The standard InChI is InChI=1S/2C13H16N2O2/c1-2-15(12-6-4-3-5-7-12)10-8-13(16)17-11-9-14;1-2-15(12-6-4-3-5-7-12)10-11(8-9-14)13(16)17/h3-7H,2,8,10-11H2,1H3;3-7,11H,2,8,10H2,1H3,(H,16,17). The van der Waals surface area contributed by atoms with E-state index in [1.165, 1.54) is 0 Å². The lowest BCUT2D eigenvalue weighted by atomic mass is 10.1. The van der Waals surface area contributed by atoms with Gasteiger partial charge in [-0.3, -0.25) is 9.59 Å². The number of hydrogen-bond donors (Lipinski definition) is 1. The highest BCUT2D eigenvalue weighted by Gasteiger charge is 2.20. The van der Waals surface area contributed by atoms with Crippen LogP contribution in [-0.4, -0.2) is 49.8 Å². The Morgan fingerprint density at radius 1 is 0.912 bits per heavy atom. The molecule has 2 aromatic carbocycles. The molecule has 180 valence electrons. The van der Waals surface area contributed by atoms with E-state index in [2.05, 4.69) is 4.90 Å². The van der Waals surface area contributed by atoms with Crippen LogP contribution in [0.3, 0.4) is 0 Å². The summed E-state index contributed by atoms with van der Waals surface area (Å²) >= 11 is 0. The molecule has 34 heavy (non-hydrogen) atoms. The molecule has 0 fully saturated rings. The SMILES string of the molecule is CCN(CC(CC#N)C(=O)O)c1ccccc1.CCN(CCC(=O)OCC#N)c1ccccc1. The minimum Gasteiger partial charge on any atom is -0.481 e. The summed E-state index contributed by atoms with van der Waals surface area (Å²) in [6.45, 7) is 6.35. The number of anilines is 2. The molecule has 1 unspecified atom stereocenters. The zero-order valence-electron chi connectivity index (χ0n) is 19.8. The average Bonchev–Trinajstić information content (AvgIpc) is 2.87. The average molecular weight is 465 g/mol. The minimum absolute atomic E-state index is 0.0403. The third-order valence-corrected chi connectivity index (χ3v) is 5.02. The molecule has 0 amide bonds. The molecule has 0 aliphatic heterocycles. The number of esters is 1. The molecule has 0 aliphatic carbocycles. The van der Waals surface area contributed by atoms with E-state index in [0.29, 0.717) is 19.5 Å². The van der Waals surface area contributed by atoms with E-state index in [0.717, 1.165) is 24.5 Å². The van der Waals surface area contributed by atoms with E-state index in [4.69, 9.17) is 20.4 Å². The monoisotopic (exact) mass is 464 g/mol. The van der Waals surface area contributed by atoms with Gasteiger partial charge in [0.15, 0.2) is 6.61 Å². The summed E-state index contributed by atoms with van der Waals surface area (Å²) in [7, 11) is 0. The molecule has 0 spiro atoms. The number of carbonyl (C=O) groups is 2. The molecule has 0 radical (unpaired) electrons. The summed E-state index contributed by atoms with van der Waals surface area (Å²) in [5, 5.41) is 25.9. The fourth-order valence-electron chi connectivity index (χ4n) is 3.18. The molecule has 0 saturated carbocycles. The Bertz CT molecular complexity index is 937. The number of carbonyl (C=O) groups excluding carboxylic acids is 1. The fraction of sp³-hybridized carbons (Fsp3) is 0.385. The van der Waals surface area contributed by atoms with E-state index >= 15 is 0 Å². The maximum atomic E-state index is 11.3. The topological polar surface area (TPSA) is 118 Å². The molecule has 0 aromatic heterocycles. The van der Waals surface area contributed by atoms with Gasteiger partial charge in [0.1, 0.15) is 6.07 Å². The van der Waals surface area contributed by atoms with Gasteiger partial charge in [0.25, 0.3) is 0 Å². The quantitative estimate of drug-likeness (QED) is 0.467. The van der Waals surface area contributed by atoms with Crippen LogP contribution in [0.4, 0.5) is 11.4 Å². The van der Waals surface area contributed by atoms with Gasteiger partial charge in [-0.15, -0.1) is 0 Å². The van der Waals surface area contributed by atoms with Crippen LogP contribution >= 0.6 is 0 Å². The maximum absolute atomic E-state index is 11.3. The number of hydrogen-bond acceptors (Lipinski definition) is 7. The first kappa shape index (κ1) is 28.0. The predicted octanol–water partition coefficient (Wildman–Crippen LogP) is 4.10. The summed E-state index contributed by atoms with van der Waals surface area (Å²) in [5.74, 6) is -1.89. The molecule has 2 rings (SSSR count). The van der Waals surface area contributed by atoms with Crippen LogP contribution in [-0.2, 0) is 14.3 Å². The Kier molecular flexibility index (Phi) is 13.6. The number of nitrogens with zero attached hydrogens (tertiary/aromatic N) is 4. The second-order valence-corrected chi connectivity index (χ2v) is 7.26. The highest BCUT2D eigenvalue weighted by molar-refractivity contribution is 5.71. The molecular weight excluding hydrogens is 432 g/mol. The van der Waals surface area contributed by atoms with Gasteiger partial charge in [-0.1, -0.05) is 36.4 Å². The van der Waals surface area contributed by atoms with Crippen molar-refractivity contribution in [2.24, 2.45) is 5.92 Å². The molecule has 0 saturated heterocycles. The van der Waals surface area contributed by atoms with Crippen LogP contribution in [0.15, 0.2) is 60.7 Å². The number of rotatable bonds is 12. The Labute approximate surface area is 201 Å². The Hall–Kier alpha value is -4.04. The Morgan fingerprint density at radius 3 is 1.88 bits per heavy atom. The number of nitriles is 2. The van der Waals surface area contributed by atoms with Crippen molar-refractivity contribution < 1.29 is 19.4 Å². The van der Waals surface area contributed by atoms with Crippen molar-refractivity contribution in [3.8, 4) is 12.1 Å². The predicted molar refractivity (Wildman–Crippen MR) is 131 cm³/mol. The molecule has 8 nitrogen and oxygen atoms in total. The van der Waals surface area contributed by atoms with Crippen molar-refractivity contribution in [3.05, 3.63) is 60.7 Å². The summed E-state index contributed by atoms with van der Waals surface area (Å²) in [4.78, 5) is 26.3. The zero-order valence-corrected chi connectivity index (χ0v) is 19.8. The minimum atomic E-state index is -0.916. The van der Waals surface area contributed by atoms with Gasteiger partial charge in [0.2, 0.25) is 0 Å². The molecule has 0 bridgehead atoms. The Morgan fingerprint density at radius 2 is 1.44 bits per heavy atom. The highest BCUT2D eigenvalue weighted by atomic mass is 16.5. The number of ether oxygens (including phenoxy) is 1. The number of carboxylic acids is 1. The summed E-state index contributed by atoms with van der Waals surface area (Å²) in [6.07, 6.45) is 0.336. The van der Waals surface area contributed by atoms with Gasteiger partial charge in [-0.25, -0.2) is 0 Å². The molecule has 1 atom stereocenters. The zero-order chi connectivity index (χ0) is 25.2. The summed E-state index contributed by atoms with van der Waals surface area (Å²) < 4.78 is 4.70. The van der Waals surface area contributed by atoms with Crippen molar-refractivity contribution in [2.45, 2.75) is 26.7 Å². The van der Waals surface area contributed by atoms with Gasteiger partial charge in [0.05, 0.1) is 24.8 Å². The first-order valence-electron chi connectivity index (χ1n) is 11.2. The van der Waals surface area contributed by atoms with Crippen LogP contribution in [0.25, 0.3) is 0 Å². The van der Waals surface area contributed by atoms with E-state index in [1.54, 1.807) is 6.07 Å². The number of benzene rings is 2. The van der Waals surface area contributed by atoms with Gasteiger partial charge in [-0.05, 0) is 38.1 Å². The van der Waals surface area contributed by atoms with E-state index < -0.39 is 11.9 Å². The lowest BCUT2D eigenvalue weighted by Gasteiger charge is -2.25. The van der Waals surface area contributed by atoms with Crippen molar-refractivity contribution in [1.29, 1.82) is 10.5 Å². The molecule has 2 aromatic rings. The number of para-hydroxylation sites is 2. The van der Waals surface area contributed by atoms with Crippen LogP contribution in [0.5, 0.6) is 0 Å². The number of carboxylic acid groups (broad SMARTS) is 1. The van der Waals surface area contributed by atoms with Crippen LogP contribution in [0, 0.1) is 28.6 Å². The largest absolute Gasteiger partial charge is 0.481 e. The van der Waals surface area contributed by atoms with Crippen molar-refractivity contribution in [3.63, 3.8) is 0 Å². The first-order chi connectivity index (χ1) is 16.5.